The van der Waals surface area contributed by atoms with E-state index in [4.69, 9.17) is 9.47 Å². The van der Waals surface area contributed by atoms with Gasteiger partial charge in [0.1, 0.15) is 23.9 Å². The van der Waals surface area contributed by atoms with E-state index in [9.17, 15) is 13.6 Å². The fourth-order valence-electron chi connectivity index (χ4n) is 2.08. The summed E-state index contributed by atoms with van der Waals surface area (Å²) in [6.07, 6.45) is 0. The number of rotatable bonds is 5. The second-order valence-electron chi connectivity index (χ2n) is 4.81. The first-order valence-electron chi connectivity index (χ1n) is 6.83. The predicted molar refractivity (Wildman–Crippen MR) is 78.0 cm³/mol. The number of hydrogen-bond donors (Lipinski definition) is 1. The lowest BCUT2D eigenvalue weighted by Gasteiger charge is -2.18. The second kappa shape index (κ2) is 6.51. The number of alkyl halides is 2. The van der Waals surface area contributed by atoms with Gasteiger partial charge in [0.25, 0.3) is 5.91 Å². The Kier molecular flexibility index (Phi) is 4.27. The highest BCUT2D eigenvalue weighted by atomic mass is 19.3. The molecule has 0 saturated carbocycles. The number of carbonyl (C=O) groups excluding carboxylic acids is 1. The number of anilines is 1. The molecule has 1 heterocycles. The summed E-state index contributed by atoms with van der Waals surface area (Å²) in [7, 11) is 0. The standard InChI is InChI=1S/C16H13F2NO4/c17-16(18)23-11-3-1-10(2-4-11)8-21-12-5-6-13-14(7-12)22-9-15(20)19-13/h1-7,16H,8-9H2,(H,19,20). The number of carbonyl (C=O) groups is 1. The molecule has 0 spiro atoms. The maximum absolute atomic E-state index is 12.1. The fourth-order valence-corrected chi connectivity index (χ4v) is 2.08. The highest BCUT2D eigenvalue weighted by Crippen LogP contribution is 2.31. The summed E-state index contributed by atoms with van der Waals surface area (Å²) in [6, 6.07) is 11.3. The molecule has 3 rings (SSSR count). The van der Waals surface area contributed by atoms with Gasteiger partial charge >= 0.3 is 6.61 Å². The van der Waals surface area contributed by atoms with Crippen molar-refractivity contribution in [3.63, 3.8) is 0 Å². The van der Waals surface area contributed by atoms with Crippen molar-refractivity contribution < 1.29 is 27.8 Å². The van der Waals surface area contributed by atoms with Gasteiger partial charge < -0.3 is 19.5 Å². The topological polar surface area (TPSA) is 56.8 Å². The summed E-state index contributed by atoms with van der Waals surface area (Å²) in [5, 5.41) is 2.69. The number of ether oxygens (including phenoxy) is 3. The number of halogens is 2. The molecule has 1 amide bonds. The van der Waals surface area contributed by atoms with Gasteiger partial charge in [-0.15, -0.1) is 0 Å². The van der Waals surface area contributed by atoms with Crippen molar-refractivity contribution in [3.05, 3.63) is 48.0 Å². The van der Waals surface area contributed by atoms with Gasteiger partial charge in [0.2, 0.25) is 0 Å². The molecule has 1 aliphatic rings. The van der Waals surface area contributed by atoms with Gasteiger partial charge in [0, 0.05) is 6.07 Å². The van der Waals surface area contributed by atoms with Crippen LogP contribution in [-0.4, -0.2) is 19.1 Å². The number of fused-ring (bicyclic) bond motifs is 1. The molecular weight excluding hydrogens is 308 g/mol. The second-order valence-corrected chi connectivity index (χ2v) is 4.81. The average molecular weight is 321 g/mol. The maximum Gasteiger partial charge on any atom is 0.387 e. The van der Waals surface area contributed by atoms with Crippen LogP contribution in [0.15, 0.2) is 42.5 Å². The first-order valence-corrected chi connectivity index (χ1v) is 6.83. The van der Waals surface area contributed by atoms with E-state index in [1.54, 1.807) is 30.3 Å². The normalized spacial score (nSPS) is 13.1. The molecule has 7 heteroatoms. The van der Waals surface area contributed by atoms with Crippen LogP contribution in [0.25, 0.3) is 0 Å². The molecule has 0 aromatic heterocycles. The van der Waals surface area contributed by atoms with E-state index in [0.29, 0.717) is 17.2 Å². The highest BCUT2D eigenvalue weighted by molar-refractivity contribution is 5.95. The van der Waals surface area contributed by atoms with Crippen LogP contribution in [0.5, 0.6) is 17.2 Å². The average Bonchev–Trinajstić information content (AvgIpc) is 2.53. The van der Waals surface area contributed by atoms with Gasteiger partial charge in [0.15, 0.2) is 6.61 Å². The van der Waals surface area contributed by atoms with Crippen molar-refractivity contribution in [2.45, 2.75) is 13.2 Å². The van der Waals surface area contributed by atoms with E-state index in [2.05, 4.69) is 10.1 Å². The zero-order valence-corrected chi connectivity index (χ0v) is 11.9. The molecule has 0 unspecified atom stereocenters. The zero-order valence-electron chi connectivity index (χ0n) is 11.9. The lowest BCUT2D eigenvalue weighted by Crippen LogP contribution is -2.25. The lowest BCUT2D eigenvalue weighted by molar-refractivity contribution is -0.118. The van der Waals surface area contributed by atoms with E-state index < -0.39 is 6.61 Å². The largest absolute Gasteiger partial charge is 0.489 e. The molecule has 0 radical (unpaired) electrons. The van der Waals surface area contributed by atoms with E-state index in [1.807, 2.05) is 0 Å². The Bertz CT molecular complexity index is 704. The van der Waals surface area contributed by atoms with Gasteiger partial charge in [-0.25, -0.2) is 0 Å². The number of hydrogen-bond acceptors (Lipinski definition) is 4. The molecular formula is C16H13F2NO4. The van der Waals surface area contributed by atoms with Crippen molar-refractivity contribution >= 4 is 11.6 Å². The van der Waals surface area contributed by atoms with Crippen molar-refractivity contribution in [1.29, 1.82) is 0 Å². The van der Waals surface area contributed by atoms with Crippen LogP contribution in [0.1, 0.15) is 5.56 Å². The highest BCUT2D eigenvalue weighted by Gasteiger charge is 2.16. The van der Waals surface area contributed by atoms with E-state index in [-0.39, 0.29) is 24.9 Å². The SMILES string of the molecule is O=C1COc2cc(OCc3ccc(OC(F)F)cc3)ccc2N1. The van der Waals surface area contributed by atoms with Crippen LogP contribution >= 0.6 is 0 Å². The van der Waals surface area contributed by atoms with Crippen LogP contribution in [0.3, 0.4) is 0 Å². The Morgan fingerprint density at radius 3 is 2.61 bits per heavy atom. The van der Waals surface area contributed by atoms with E-state index in [1.165, 1.54) is 12.1 Å². The van der Waals surface area contributed by atoms with Crippen molar-refractivity contribution in [2.75, 3.05) is 11.9 Å². The van der Waals surface area contributed by atoms with Gasteiger partial charge in [-0.2, -0.15) is 8.78 Å². The first kappa shape index (κ1) is 15.1. The van der Waals surface area contributed by atoms with Gasteiger partial charge in [-0.3, -0.25) is 4.79 Å². The predicted octanol–water partition coefficient (Wildman–Crippen LogP) is 3.20. The Hall–Kier alpha value is -2.83. The van der Waals surface area contributed by atoms with Crippen LogP contribution in [0, 0.1) is 0 Å². The molecule has 0 saturated heterocycles. The molecule has 1 N–H and O–H groups in total. The summed E-state index contributed by atoms with van der Waals surface area (Å²) < 4.78 is 39.3. The maximum atomic E-state index is 12.1. The quantitative estimate of drug-likeness (QED) is 0.919. The lowest BCUT2D eigenvalue weighted by atomic mass is 10.2. The Labute approximate surface area is 130 Å². The Morgan fingerprint density at radius 2 is 1.87 bits per heavy atom. The molecule has 0 fully saturated rings. The van der Waals surface area contributed by atoms with Crippen molar-refractivity contribution in [1.82, 2.24) is 0 Å². The van der Waals surface area contributed by atoms with Gasteiger partial charge in [-0.1, -0.05) is 12.1 Å². The molecule has 0 atom stereocenters. The van der Waals surface area contributed by atoms with Crippen LogP contribution in [0.2, 0.25) is 0 Å². The summed E-state index contributed by atoms with van der Waals surface area (Å²) in [5.41, 5.74) is 1.40. The van der Waals surface area contributed by atoms with Gasteiger partial charge in [-0.05, 0) is 29.8 Å². The molecule has 0 bridgehead atoms. The minimum Gasteiger partial charge on any atom is -0.489 e. The Morgan fingerprint density at radius 1 is 1.13 bits per heavy atom. The zero-order chi connectivity index (χ0) is 16.2. The number of benzene rings is 2. The summed E-state index contributed by atoms with van der Waals surface area (Å²) in [6.45, 7) is -2.60. The summed E-state index contributed by atoms with van der Waals surface area (Å²) in [5.74, 6) is 1.02. The van der Waals surface area contributed by atoms with Crippen LogP contribution < -0.4 is 19.5 Å². The van der Waals surface area contributed by atoms with Crippen LogP contribution in [0.4, 0.5) is 14.5 Å². The van der Waals surface area contributed by atoms with Crippen LogP contribution in [-0.2, 0) is 11.4 Å². The third-order valence-corrected chi connectivity index (χ3v) is 3.14. The third kappa shape index (κ3) is 3.88. The van der Waals surface area contributed by atoms with E-state index >= 15 is 0 Å². The molecule has 2 aromatic rings. The third-order valence-electron chi connectivity index (χ3n) is 3.14. The molecule has 23 heavy (non-hydrogen) atoms. The Balaban J connectivity index is 1.61. The molecule has 1 aliphatic heterocycles. The first-order chi connectivity index (χ1) is 11.1. The van der Waals surface area contributed by atoms with Crippen molar-refractivity contribution in [3.8, 4) is 17.2 Å². The summed E-state index contributed by atoms with van der Waals surface area (Å²) >= 11 is 0. The van der Waals surface area contributed by atoms with Crippen molar-refractivity contribution in [2.24, 2.45) is 0 Å². The monoisotopic (exact) mass is 321 g/mol. The number of nitrogens with one attached hydrogen (secondary N) is 1. The van der Waals surface area contributed by atoms with Gasteiger partial charge in [0.05, 0.1) is 5.69 Å². The molecule has 5 nitrogen and oxygen atoms in total. The summed E-state index contributed by atoms with van der Waals surface area (Å²) in [4.78, 5) is 11.2. The number of amides is 1. The molecule has 120 valence electrons. The molecule has 2 aromatic carbocycles. The van der Waals surface area contributed by atoms with E-state index in [0.717, 1.165) is 5.56 Å². The molecule has 0 aliphatic carbocycles. The minimum atomic E-state index is -2.84. The smallest absolute Gasteiger partial charge is 0.387 e. The minimum absolute atomic E-state index is 0.0257. The fraction of sp³-hybridized carbons (Fsp3) is 0.188.